The third-order valence-corrected chi connectivity index (χ3v) is 7.20. The number of morpholine rings is 1. The van der Waals surface area contributed by atoms with Crippen molar-refractivity contribution in [2.45, 2.75) is 25.9 Å². The van der Waals surface area contributed by atoms with Crippen LogP contribution in [0, 0.1) is 6.92 Å². The summed E-state index contributed by atoms with van der Waals surface area (Å²) in [5.74, 6) is 0.00170. The first-order valence-electron chi connectivity index (χ1n) is 11.6. The molecule has 0 saturated carbocycles. The molecule has 0 spiro atoms. The molecule has 3 heterocycles. The lowest BCUT2D eigenvalue weighted by atomic mass is 10.1. The Labute approximate surface area is 199 Å². The van der Waals surface area contributed by atoms with E-state index in [0.717, 1.165) is 67.7 Å². The third-order valence-electron chi connectivity index (χ3n) is 6.20. The van der Waals surface area contributed by atoms with Gasteiger partial charge in [-0.05, 0) is 73.0 Å². The molecule has 1 amide bonds. The molecule has 172 valence electrons. The highest BCUT2D eigenvalue weighted by atomic mass is 32.2. The van der Waals surface area contributed by atoms with E-state index in [1.165, 1.54) is 17.4 Å². The normalized spacial score (nSPS) is 23.8. The molecule has 3 aliphatic heterocycles. The molecule has 33 heavy (non-hydrogen) atoms. The molecule has 0 bridgehead atoms. The molecule has 0 aromatic heterocycles. The molecule has 0 aliphatic carbocycles. The highest BCUT2D eigenvalue weighted by Gasteiger charge is 2.36. The van der Waals surface area contributed by atoms with Gasteiger partial charge in [-0.2, -0.15) is 0 Å². The fourth-order valence-corrected chi connectivity index (χ4v) is 5.34. The van der Waals surface area contributed by atoms with Crippen LogP contribution < -0.4 is 4.90 Å². The second kappa shape index (κ2) is 10.1. The fourth-order valence-electron chi connectivity index (χ4n) is 4.34. The summed E-state index contributed by atoms with van der Waals surface area (Å²) in [7, 11) is 0. The number of carbonyl (C=O) groups excluding carboxylic acids is 1. The first-order chi connectivity index (χ1) is 16.2. The quantitative estimate of drug-likeness (QED) is 0.606. The number of para-hydroxylation sites is 1. The van der Waals surface area contributed by atoms with Crippen molar-refractivity contribution < 1.29 is 14.3 Å². The molecule has 6 nitrogen and oxygen atoms in total. The number of thioether (sulfide) groups is 1. The second-order valence-electron chi connectivity index (χ2n) is 8.53. The Hall–Kier alpha value is -2.61. The van der Waals surface area contributed by atoms with E-state index in [1.807, 2.05) is 36.4 Å². The van der Waals surface area contributed by atoms with Crippen molar-refractivity contribution in [3.8, 4) is 0 Å². The Morgan fingerprint density at radius 2 is 1.94 bits per heavy atom. The van der Waals surface area contributed by atoms with Gasteiger partial charge in [0.15, 0.2) is 5.17 Å². The summed E-state index contributed by atoms with van der Waals surface area (Å²) < 4.78 is 11.3. The lowest BCUT2D eigenvalue weighted by molar-refractivity contribution is -0.123. The maximum Gasteiger partial charge on any atom is 0.266 e. The van der Waals surface area contributed by atoms with Crippen molar-refractivity contribution in [1.82, 2.24) is 4.90 Å². The zero-order valence-corrected chi connectivity index (χ0v) is 19.7. The van der Waals surface area contributed by atoms with Crippen molar-refractivity contribution in [2.24, 2.45) is 4.99 Å². The Kier molecular flexibility index (Phi) is 6.80. The Morgan fingerprint density at radius 3 is 2.67 bits per heavy atom. The van der Waals surface area contributed by atoms with E-state index in [4.69, 9.17) is 14.5 Å². The van der Waals surface area contributed by atoms with Crippen LogP contribution in [0.1, 0.15) is 24.0 Å². The van der Waals surface area contributed by atoms with Gasteiger partial charge in [0.05, 0.1) is 36.5 Å². The summed E-state index contributed by atoms with van der Waals surface area (Å²) in [5, 5.41) is 0.718. The summed E-state index contributed by atoms with van der Waals surface area (Å²) in [6, 6.07) is 16.2. The summed E-state index contributed by atoms with van der Waals surface area (Å²) in [5.41, 5.74) is 4.26. The number of amides is 1. The van der Waals surface area contributed by atoms with E-state index < -0.39 is 0 Å². The molecule has 0 radical (unpaired) electrons. The average Bonchev–Trinajstić information content (AvgIpc) is 3.46. The van der Waals surface area contributed by atoms with Crippen LogP contribution in [0.4, 0.5) is 11.4 Å². The minimum Gasteiger partial charge on any atom is -0.378 e. The van der Waals surface area contributed by atoms with Gasteiger partial charge in [0.2, 0.25) is 0 Å². The lowest BCUT2D eigenvalue weighted by Gasteiger charge is -2.29. The van der Waals surface area contributed by atoms with Gasteiger partial charge in [-0.3, -0.25) is 9.69 Å². The zero-order chi connectivity index (χ0) is 22.6. The summed E-state index contributed by atoms with van der Waals surface area (Å²) in [4.78, 5) is 23.0. The average molecular weight is 464 g/mol. The summed E-state index contributed by atoms with van der Waals surface area (Å²) >= 11 is 1.45. The summed E-state index contributed by atoms with van der Waals surface area (Å²) in [6.07, 6.45) is 4.10. The highest BCUT2D eigenvalue weighted by molar-refractivity contribution is 8.18. The predicted molar refractivity (Wildman–Crippen MR) is 134 cm³/mol. The Balaban J connectivity index is 1.41. The van der Waals surface area contributed by atoms with E-state index in [1.54, 1.807) is 4.90 Å². The van der Waals surface area contributed by atoms with Crippen LogP contribution in [0.25, 0.3) is 6.08 Å². The van der Waals surface area contributed by atoms with Crippen molar-refractivity contribution in [3.63, 3.8) is 0 Å². The van der Waals surface area contributed by atoms with Crippen LogP contribution >= 0.6 is 11.8 Å². The van der Waals surface area contributed by atoms with Crippen molar-refractivity contribution >= 4 is 40.3 Å². The lowest BCUT2D eigenvalue weighted by Crippen LogP contribution is -2.36. The molecule has 2 aromatic rings. The van der Waals surface area contributed by atoms with Crippen molar-refractivity contribution in [1.29, 1.82) is 0 Å². The van der Waals surface area contributed by atoms with E-state index >= 15 is 0 Å². The SMILES string of the molecule is Cc1cc(N2CCOCC2)ccc1C=C1SC(=Nc2ccccc2)N(CC2CCCO2)C1=O. The van der Waals surface area contributed by atoms with Crippen molar-refractivity contribution in [2.75, 3.05) is 44.4 Å². The van der Waals surface area contributed by atoms with Gasteiger partial charge in [0, 0.05) is 25.4 Å². The number of carbonyl (C=O) groups is 1. The van der Waals surface area contributed by atoms with Crippen LogP contribution in [-0.4, -0.2) is 61.5 Å². The predicted octanol–water partition coefficient (Wildman–Crippen LogP) is 4.61. The molecule has 3 saturated heterocycles. The number of rotatable bonds is 5. The van der Waals surface area contributed by atoms with E-state index in [-0.39, 0.29) is 12.0 Å². The second-order valence-corrected chi connectivity index (χ2v) is 9.54. The van der Waals surface area contributed by atoms with Gasteiger partial charge in [0.1, 0.15) is 0 Å². The largest absolute Gasteiger partial charge is 0.378 e. The van der Waals surface area contributed by atoms with E-state index in [9.17, 15) is 4.79 Å². The van der Waals surface area contributed by atoms with Crippen molar-refractivity contribution in [3.05, 3.63) is 64.6 Å². The summed E-state index contributed by atoms with van der Waals surface area (Å²) in [6.45, 7) is 6.76. The first kappa shape index (κ1) is 22.2. The van der Waals surface area contributed by atoms with Gasteiger partial charge >= 0.3 is 0 Å². The molecule has 3 aliphatic rings. The first-order valence-corrected chi connectivity index (χ1v) is 12.4. The molecule has 0 N–H and O–H groups in total. The monoisotopic (exact) mass is 463 g/mol. The molecule has 3 fully saturated rings. The van der Waals surface area contributed by atoms with Crippen LogP contribution in [0.15, 0.2) is 58.4 Å². The minimum absolute atomic E-state index is 0.00170. The number of ether oxygens (including phenoxy) is 2. The number of hydrogen-bond donors (Lipinski definition) is 0. The van der Waals surface area contributed by atoms with Gasteiger partial charge in [-0.15, -0.1) is 0 Å². The molecular weight excluding hydrogens is 434 g/mol. The van der Waals surface area contributed by atoms with E-state index in [2.05, 4.69) is 30.0 Å². The maximum atomic E-state index is 13.4. The molecule has 7 heteroatoms. The maximum absolute atomic E-state index is 13.4. The Bertz CT molecular complexity index is 1060. The number of hydrogen-bond acceptors (Lipinski definition) is 6. The highest BCUT2D eigenvalue weighted by Crippen LogP contribution is 2.36. The van der Waals surface area contributed by atoms with Crippen LogP contribution in [0.3, 0.4) is 0 Å². The molecule has 2 aromatic carbocycles. The van der Waals surface area contributed by atoms with Gasteiger partial charge < -0.3 is 14.4 Å². The van der Waals surface area contributed by atoms with Crippen LogP contribution in [0.5, 0.6) is 0 Å². The van der Waals surface area contributed by atoms with Crippen LogP contribution in [0.2, 0.25) is 0 Å². The van der Waals surface area contributed by atoms with Gasteiger partial charge in [-0.25, -0.2) is 4.99 Å². The number of benzene rings is 2. The van der Waals surface area contributed by atoms with Crippen LogP contribution in [-0.2, 0) is 14.3 Å². The number of aryl methyl sites for hydroxylation is 1. The third kappa shape index (κ3) is 5.16. The molecule has 1 atom stereocenters. The van der Waals surface area contributed by atoms with Gasteiger partial charge in [-0.1, -0.05) is 24.3 Å². The Morgan fingerprint density at radius 1 is 1.12 bits per heavy atom. The van der Waals surface area contributed by atoms with Gasteiger partial charge in [0.25, 0.3) is 5.91 Å². The number of amidine groups is 1. The van der Waals surface area contributed by atoms with E-state index in [0.29, 0.717) is 11.4 Å². The molecular formula is C26H29N3O3S. The smallest absolute Gasteiger partial charge is 0.266 e. The standard InChI is InChI=1S/C26H29N3O3S/c1-19-16-22(28-11-14-31-15-12-28)10-9-20(19)17-24-25(30)29(18-23-8-5-13-32-23)26(33-24)27-21-6-3-2-4-7-21/h2-4,6-7,9-10,16-17,23H,5,8,11-15,18H2,1H3. The minimum atomic E-state index is 0.00170. The number of anilines is 1. The number of nitrogens with zero attached hydrogens (tertiary/aromatic N) is 3. The molecule has 1 unspecified atom stereocenters. The number of aliphatic imine (C=N–C) groups is 1. The zero-order valence-electron chi connectivity index (χ0n) is 18.9. The molecule has 5 rings (SSSR count). The topological polar surface area (TPSA) is 54.4 Å². The fraction of sp³-hybridized carbons (Fsp3) is 0.385.